The second-order valence-corrected chi connectivity index (χ2v) is 5.40. The van der Waals surface area contributed by atoms with Crippen LogP contribution in [0.4, 0.5) is 5.69 Å². The van der Waals surface area contributed by atoms with Crippen molar-refractivity contribution < 1.29 is 0 Å². The van der Waals surface area contributed by atoms with Gasteiger partial charge in [0.25, 0.3) is 0 Å². The van der Waals surface area contributed by atoms with E-state index in [1.54, 1.807) is 0 Å². The molecule has 0 aliphatic heterocycles. The van der Waals surface area contributed by atoms with Gasteiger partial charge in [-0.2, -0.15) is 5.26 Å². The fourth-order valence-electron chi connectivity index (χ4n) is 2.33. The summed E-state index contributed by atoms with van der Waals surface area (Å²) < 4.78 is 0. The van der Waals surface area contributed by atoms with Gasteiger partial charge in [-0.25, -0.2) is 0 Å². The highest BCUT2D eigenvalue weighted by Gasteiger charge is 2.05. The minimum absolute atomic E-state index is 0.248. The van der Waals surface area contributed by atoms with Gasteiger partial charge in [-0.15, -0.1) is 0 Å². The highest BCUT2D eigenvalue weighted by molar-refractivity contribution is 5.48. The molecule has 0 aliphatic rings. The lowest BCUT2D eigenvalue weighted by Gasteiger charge is -2.16. The standard InChI is InChI=1S/C19H22N2/c1-3-4-5-16-6-10-18(11-7-16)15(2)21-19-12-8-17(14-20)9-13-19/h6-13,15,21H,3-5H2,1-2H3. The second kappa shape index (κ2) is 7.50. The number of unbranched alkanes of at least 4 members (excludes halogenated alkanes) is 1. The number of anilines is 1. The van der Waals surface area contributed by atoms with Crippen LogP contribution in [0.5, 0.6) is 0 Å². The van der Waals surface area contributed by atoms with Crippen LogP contribution in [0.25, 0.3) is 0 Å². The highest BCUT2D eigenvalue weighted by Crippen LogP contribution is 2.20. The molecule has 1 N–H and O–H groups in total. The van der Waals surface area contributed by atoms with Crippen molar-refractivity contribution in [1.82, 2.24) is 0 Å². The molecule has 1 unspecified atom stereocenters. The van der Waals surface area contributed by atoms with E-state index in [2.05, 4.69) is 49.5 Å². The summed E-state index contributed by atoms with van der Waals surface area (Å²) in [5, 5.41) is 12.3. The maximum absolute atomic E-state index is 8.81. The molecule has 2 rings (SSSR count). The zero-order valence-corrected chi connectivity index (χ0v) is 12.8. The van der Waals surface area contributed by atoms with Crippen molar-refractivity contribution in [2.75, 3.05) is 5.32 Å². The van der Waals surface area contributed by atoms with E-state index in [9.17, 15) is 0 Å². The fourth-order valence-corrected chi connectivity index (χ4v) is 2.33. The summed E-state index contributed by atoms with van der Waals surface area (Å²) in [6, 6.07) is 18.8. The number of nitriles is 1. The number of hydrogen-bond donors (Lipinski definition) is 1. The van der Waals surface area contributed by atoms with E-state index in [1.165, 1.54) is 24.0 Å². The van der Waals surface area contributed by atoms with Crippen molar-refractivity contribution in [1.29, 1.82) is 5.26 Å². The molecule has 108 valence electrons. The molecule has 1 atom stereocenters. The molecule has 2 heteroatoms. The first kappa shape index (κ1) is 15.1. The minimum atomic E-state index is 0.248. The second-order valence-electron chi connectivity index (χ2n) is 5.40. The largest absolute Gasteiger partial charge is 0.379 e. The third-order valence-electron chi connectivity index (χ3n) is 3.70. The van der Waals surface area contributed by atoms with Crippen LogP contribution in [0.15, 0.2) is 48.5 Å². The molecule has 2 nitrogen and oxygen atoms in total. The third kappa shape index (κ3) is 4.36. The summed E-state index contributed by atoms with van der Waals surface area (Å²) >= 11 is 0. The maximum atomic E-state index is 8.81. The van der Waals surface area contributed by atoms with Crippen molar-refractivity contribution in [3.05, 3.63) is 65.2 Å². The lowest BCUT2D eigenvalue weighted by molar-refractivity contribution is 0.793. The molecule has 0 aliphatic carbocycles. The normalized spacial score (nSPS) is 11.7. The minimum Gasteiger partial charge on any atom is -0.379 e. The van der Waals surface area contributed by atoms with Crippen molar-refractivity contribution in [2.45, 2.75) is 39.2 Å². The Balaban J connectivity index is 1.98. The van der Waals surface area contributed by atoms with Gasteiger partial charge in [0, 0.05) is 11.7 Å². The SMILES string of the molecule is CCCCc1ccc(C(C)Nc2ccc(C#N)cc2)cc1. The number of nitrogens with zero attached hydrogens (tertiary/aromatic N) is 1. The van der Waals surface area contributed by atoms with Gasteiger partial charge in [-0.3, -0.25) is 0 Å². The van der Waals surface area contributed by atoms with E-state index in [4.69, 9.17) is 5.26 Å². The molecule has 2 aromatic rings. The average Bonchev–Trinajstić information content (AvgIpc) is 2.54. The van der Waals surface area contributed by atoms with E-state index >= 15 is 0 Å². The average molecular weight is 278 g/mol. The molecule has 0 heterocycles. The zero-order chi connectivity index (χ0) is 15.1. The molecule has 0 saturated carbocycles. The fraction of sp³-hybridized carbons (Fsp3) is 0.316. The van der Waals surface area contributed by atoms with Crippen LogP contribution in [0.1, 0.15) is 49.4 Å². The summed E-state index contributed by atoms with van der Waals surface area (Å²) in [4.78, 5) is 0. The molecule has 0 saturated heterocycles. The Labute approximate surface area is 127 Å². The molecular formula is C19H22N2. The summed E-state index contributed by atoms with van der Waals surface area (Å²) in [6.45, 7) is 4.37. The molecule has 0 aromatic heterocycles. The first-order valence-corrected chi connectivity index (χ1v) is 7.58. The van der Waals surface area contributed by atoms with Gasteiger partial charge in [0.05, 0.1) is 11.6 Å². The van der Waals surface area contributed by atoms with Crippen LogP contribution in [0, 0.1) is 11.3 Å². The molecular weight excluding hydrogens is 256 g/mol. The van der Waals surface area contributed by atoms with Gasteiger partial charge in [0.2, 0.25) is 0 Å². The molecule has 0 spiro atoms. The lowest BCUT2D eigenvalue weighted by Crippen LogP contribution is -2.06. The number of aryl methyl sites for hydroxylation is 1. The number of hydrogen-bond acceptors (Lipinski definition) is 2. The monoisotopic (exact) mass is 278 g/mol. The molecule has 0 radical (unpaired) electrons. The van der Waals surface area contributed by atoms with Crippen molar-refractivity contribution in [2.24, 2.45) is 0 Å². The van der Waals surface area contributed by atoms with Crippen LogP contribution < -0.4 is 5.32 Å². The number of rotatable bonds is 6. The van der Waals surface area contributed by atoms with Crippen LogP contribution in [0.2, 0.25) is 0 Å². The van der Waals surface area contributed by atoms with Gasteiger partial charge >= 0.3 is 0 Å². The van der Waals surface area contributed by atoms with Gasteiger partial charge in [-0.1, -0.05) is 37.6 Å². The Kier molecular flexibility index (Phi) is 5.40. The number of nitrogens with one attached hydrogen (secondary N) is 1. The van der Waals surface area contributed by atoms with Crippen molar-refractivity contribution in [3.63, 3.8) is 0 Å². The Bertz CT molecular complexity index is 591. The van der Waals surface area contributed by atoms with Crippen LogP contribution in [-0.4, -0.2) is 0 Å². The van der Waals surface area contributed by atoms with E-state index in [0.717, 1.165) is 12.1 Å². The summed E-state index contributed by atoms with van der Waals surface area (Å²) in [5.74, 6) is 0. The predicted molar refractivity (Wildman–Crippen MR) is 88.2 cm³/mol. The molecule has 0 amide bonds. The summed E-state index contributed by atoms with van der Waals surface area (Å²) in [5.41, 5.74) is 4.41. The smallest absolute Gasteiger partial charge is 0.0991 e. The Morgan fingerprint density at radius 1 is 1.05 bits per heavy atom. The van der Waals surface area contributed by atoms with E-state index in [-0.39, 0.29) is 6.04 Å². The predicted octanol–water partition coefficient (Wildman–Crippen LogP) is 5.07. The number of benzene rings is 2. The van der Waals surface area contributed by atoms with Crippen LogP contribution in [0.3, 0.4) is 0 Å². The van der Waals surface area contributed by atoms with Gasteiger partial charge < -0.3 is 5.32 Å². The van der Waals surface area contributed by atoms with Crippen molar-refractivity contribution in [3.8, 4) is 6.07 Å². The quantitative estimate of drug-likeness (QED) is 0.800. The van der Waals surface area contributed by atoms with E-state index in [1.807, 2.05) is 24.3 Å². The topological polar surface area (TPSA) is 35.8 Å². The zero-order valence-electron chi connectivity index (χ0n) is 12.8. The van der Waals surface area contributed by atoms with Crippen LogP contribution in [-0.2, 0) is 6.42 Å². The molecule has 2 aromatic carbocycles. The summed E-state index contributed by atoms with van der Waals surface area (Å²) in [7, 11) is 0. The Morgan fingerprint density at radius 3 is 2.29 bits per heavy atom. The maximum Gasteiger partial charge on any atom is 0.0991 e. The van der Waals surface area contributed by atoms with Crippen LogP contribution >= 0.6 is 0 Å². The molecule has 21 heavy (non-hydrogen) atoms. The first-order chi connectivity index (χ1) is 10.2. The van der Waals surface area contributed by atoms with Gasteiger partial charge in [0.1, 0.15) is 0 Å². The van der Waals surface area contributed by atoms with E-state index in [0.29, 0.717) is 5.56 Å². The van der Waals surface area contributed by atoms with Gasteiger partial charge in [0.15, 0.2) is 0 Å². The highest BCUT2D eigenvalue weighted by atomic mass is 14.9. The Hall–Kier alpha value is -2.27. The summed E-state index contributed by atoms with van der Waals surface area (Å²) in [6.07, 6.45) is 3.64. The third-order valence-corrected chi connectivity index (χ3v) is 3.70. The molecule has 0 bridgehead atoms. The lowest BCUT2D eigenvalue weighted by atomic mass is 10.0. The molecule has 0 fully saturated rings. The van der Waals surface area contributed by atoms with Gasteiger partial charge in [-0.05, 0) is 55.2 Å². The Morgan fingerprint density at radius 2 is 1.71 bits per heavy atom. The van der Waals surface area contributed by atoms with E-state index < -0.39 is 0 Å². The first-order valence-electron chi connectivity index (χ1n) is 7.58. The van der Waals surface area contributed by atoms with Crippen molar-refractivity contribution >= 4 is 5.69 Å².